The molecule has 1 aliphatic heterocycles. The van der Waals surface area contributed by atoms with E-state index >= 15 is 0 Å². The van der Waals surface area contributed by atoms with E-state index in [0.29, 0.717) is 25.9 Å². The maximum Gasteiger partial charge on any atom is 0.309 e. The molecule has 1 aliphatic rings. The molecule has 0 aromatic rings. The molecule has 94 valence electrons. The van der Waals surface area contributed by atoms with Gasteiger partial charge in [0.2, 0.25) is 0 Å². The summed E-state index contributed by atoms with van der Waals surface area (Å²) in [6.07, 6.45) is 3.23. The van der Waals surface area contributed by atoms with Crippen molar-refractivity contribution in [2.45, 2.75) is 57.7 Å². The van der Waals surface area contributed by atoms with Gasteiger partial charge in [-0.3, -0.25) is 4.79 Å². The van der Waals surface area contributed by atoms with Gasteiger partial charge in [0.25, 0.3) is 0 Å². The first-order chi connectivity index (χ1) is 7.53. The third kappa shape index (κ3) is 2.95. The number of hydrogen-bond acceptors (Lipinski definition) is 3. The van der Waals surface area contributed by atoms with Crippen LogP contribution in [0.1, 0.15) is 46.0 Å². The summed E-state index contributed by atoms with van der Waals surface area (Å²) in [5.74, 6) is -1.57. The quantitative estimate of drug-likeness (QED) is 0.756. The first-order valence-corrected chi connectivity index (χ1v) is 6.10. The molecular weight excluding hydrogens is 208 g/mol. The van der Waals surface area contributed by atoms with Crippen LogP contribution >= 0.6 is 0 Å². The third-order valence-electron chi connectivity index (χ3n) is 3.44. The summed E-state index contributed by atoms with van der Waals surface area (Å²) in [7, 11) is 0. The number of carboxylic acids is 1. The summed E-state index contributed by atoms with van der Waals surface area (Å²) in [6.45, 7) is 4.33. The number of ether oxygens (including phenoxy) is 1. The van der Waals surface area contributed by atoms with E-state index in [1.165, 1.54) is 0 Å². The third-order valence-corrected chi connectivity index (χ3v) is 3.44. The molecule has 0 spiro atoms. The summed E-state index contributed by atoms with van der Waals surface area (Å²) in [5, 5.41) is 19.5. The lowest BCUT2D eigenvalue weighted by atomic mass is 9.77. The van der Waals surface area contributed by atoms with Gasteiger partial charge in [-0.25, -0.2) is 0 Å². The molecule has 2 N–H and O–H groups in total. The molecule has 1 heterocycles. The first kappa shape index (κ1) is 13.5. The average Bonchev–Trinajstić information content (AvgIpc) is 2.17. The van der Waals surface area contributed by atoms with Crippen molar-refractivity contribution in [1.29, 1.82) is 0 Å². The number of hydrogen-bond donors (Lipinski definition) is 2. The molecule has 3 atom stereocenters. The SMILES string of the molecule is CCCC1CC(O)(C(CC)C(=O)O)CCO1. The molecule has 1 rings (SSSR count). The smallest absolute Gasteiger partial charge is 0.309 e. The largest absolute Gasteiger partial charge is 0.481 e. The molecule has 0 bridgehead atoms. The zero-order valence-electron chi connectivity index (χ0n) is 10.1. The normalized spacial score (nSPS) is 32.3. The number of aliphatic carboxylic acids is 1. The van der Waals surface area contributed by atoms with Gasteiger partial charge in [-0.2, -0.15) is 0 Å². The minimum absolute atomic E-state index is 0.0112. The molecular formula is C12H22O4. The minimum Gasteiger partial charge on any atom is -0.481 e. The van der Waals surface area contributed by atoms with Crippen molar-refractivity contribution in [3.8, 4) is 0 Å². The fourth-order valence-electron chi connectivity index (χ4n) is 2.57. The lowest BCUT2D eigenvalue weighted by molar-refractivity contribution is -0.168. The van der Waals surface area contributed by atoms with Crippen molar-refractivity contribution < 1.29 is 19.7 Å². The fraction of sp³-hybridized carbons (Fsp3) is 0.917. The molecule has 1 fully saturated rings. The van der Waals surface area contributed by atoms with Crippen molar-refractivity contribution in [3.63, 3.8) is 0 Å². The van der Waals surface area contributed by atoms with Crippen molar-refractivity contribution >= 4 is 5.97 Å². The van der Waals surface area contributed by atoms with Gasteiger partial charge in [0.05, 0.1) is 17.6 Å². The summed E-state index contributed by atoms with van der Waals surface area (Å²) in [4.78, 5) is 11.1. The molecule has 1 saturated heterocycles. The van der Waals surface area contributed by atoms with Crippen LogP contribution < -0.4 is 0 Å². The van der Waals surface area contributed by atoms with Gasteiger partial charge in [0.15, 0.2) is 0 Å². The Balaban J connectivity index is 2.70. The highest BCUT2D eigenvalue weighted by Gasteiger charge is 2.44. The van der Waals surface area contributed by atoms with E-state index in [2.05, 4.69) is 6.92 Å². The number of aliphatic hydroxyl groups is 1. The predicted octanol–water partition coefficient (Wildman–Crippen LogP) is 1.81. The minimum atomic E-state index is -1.08. The van der Waals surface area contributed by atoms with Crippen LogP contribution in [0.5, 0.6) is 0 Å². The topological polar surface area (TPSA) is 66.8 Å². The first-order valence-electron chi connectivity index (χ1n) is 6.10. The highest BCUT2D eigenvalue weighted by Crippen LogP contribution is 2.35. The summed E-state index contributed by atoms with van der Waals surface area (Å²) in [6, 6.07) is 0. The number of rotatable bonds is 5. The van der Waals surface area contributed by atoms with Crippen LogP contribution in [0, 0.1) is 5.92 Å². The van der Waals surface area contributed by atoms with Crippen LogP contribution in [0.2, 0.25) is 0 Å². The molecule has 4 nitrogen and oxygen atoms in total. The van der Waals surface area contributed by atoms with Crippen LogP contribution in [0.25, 0.3) is 0 Å². The van der Waals surface area contributed by atoms with Crippen LogP contribution in [0.4, 0.5) is 0 Å². The Morgan fingerprint density at radius 2 is 2.25 bits per heavy atom. The predicted molar refractivity (Wildman–Crippen MR) is 60.2 cm³/mol. The zero-order valence-corrected chi connectivity index (χ0v) is 10.1. The standard InChI is InChI=1S/C12H22O4/c1-3-5-9-8-12(15,6-7-16-9)10(4-2)11(13)14/h9-10,15H,3-8H2,1-2H3,(H,13,14). The Morgan fingerprint density at radius 1 is 1.56 bits per heavy atom. The highest BCUT2D eigenvalue weighted by atomic mass is 16.5. The fourth-order valence-corrected chi connectivity index (χ4v) is 2.57. The van der Waals surface area contributed by atoms with Crippen molar-refractivity contribution in [3.05, 3.63) is 0 Å². The number of carbonyl (C=O) groups is 1. The van der Waals surface area contributed by atoms with E-state index in [1.807, 2.05) is 0 Å². The van der Waals surface area contributed by atoms with Crippen molar-refractivity contribution in [2.75, 3.05) is 6.61 Å². The second-order valence-corrected chi connectivity index (χ2v) is 4.64. The average molecular weight is 230 g/mol. The Labute approximate surface area is 96.6 Å². The molecule has 16 heavy (non-hydrogen) atoms. The Bertz CT molecular complexity index is 239. The number of carboxylic acid groups (broad SMARTS) is 1. The molecule has 0 aromatic heterocycles. The summed E-state index contributed by atoms with van der Waals surface area (Å²) < 4.78 is 5.54. The molecule has 4 heteroatoms. The van der Waals surface area contributed by atoms with Gasteiger partial charge in [-0.15, -0.1) is 0 Å². The second-order valence-electron chi connectivity index (χ2n) is 4.64. The van der Waals surface area contributed by atoms with Gasteiger partial charge in [-0.05, 0) is 12.8 Å². The second kappa shape index (κ2) is 5.64. The molecule has 3 unspecified atom stereocenters. The Morgan fingerprint density at radius 3 is 2.75 bits per heavy atom. The lowest BCUT2D eigenvalue weighted by Crippen LogP contribution is -2.49. The molecule has 0 amide bonds. The molecule has 0 radical (unpaired) electrons. The van der Waals surface area contributed by atoms with Crippen LogP contribution in [0.15, 0.2) is 0 Å². The molecule has 0 saturated carbocycles. The van der Waals surface area contributed by atoms with E-state index in [9.17, 15) is 9.90 Å². The molecule has 0 aliphatic carbocycles. The van der Waals surface area contributed by atoms with E-state index in [-0.39, 0.29) is 6.10 Å². The highest BCUT2D eigenvalue weighted by molar-refractivity contribution is 5.71. The van der Waals surface area contributed by atoms with Crippen molar-refractivity contribution in [1.82, 2.24) is 0 Å². The van der Waals surface area contributed by atoms with Gasteiger partial charge >= 0.3 is 5.97 Å². The van der Waals surface area contributed by atoms with Gasteiger partial charge in [0.1, 0.15) is 0 Å². The van der Waals surface area contributed by atoms with Crippen LogP contribution in [-0.2, 0) is 9.53 Å². The Kier molecular flexibility index (Phi) is 4.74. The van der Waals surface area contributed by atoms with Crippen LogP contribution in [-0.4, -0.2) is 34.5 Å². The monoisotopic (exact) mass is 230 g/mol. The van der Waals surface area contributed by atoms with Crippen LogP contribution in [0.3, 0.4) is 0 Å². The van der Waals surface area contributed by atoms with Crippen molar-refractivity contribution in [2.24, 2.45) is 5.92 Å². The summed E-state index contributed by atoms with van der Waals surface area (Å²) in [5.41, 5.74) is -1.08. The van der Waals surface area contributed by atoms with Gasteiger partial charge < -0.3 is 14.9 Å². The van der Waals surface area contributed by atoms with E-state index < -0.39 is 17.5 Å². The summed E-state index contributed by atoms with van der Waals surface area (Å²) >= 11 is 0. The van der Waals surface area contributed by atoms with E-state index in [1.54, 1.807) is 6.92 Å². The van der Waals surface area contributed by atoms with Gasteiger partial charge in [-0.1, -0.05) is 20.3 Å². The van der Waals surface area contributed by atoms with Gasteiger partial charge in [0, 0.05) is 19.4 Å². The molecule has 0 aromatic carbocycles. The zero-order chi connectivity index (χ0) is 12.2. The maximum atomic E-state index is 11.1. The van der Waals surface area contributed by atoms with E-state index in [4.69, 9.17) is 9.84 Å². The Hall–Kier alpha value is -0.610. The maximum absolute atomic E-state index is 11.1. The van der Waals surface area contributed by atoms with E-state index in [0.717, 1.165) is 12.8 Å². The lowest BCUT2D eigenvalue weighted by Gasteiger charge is -2.40.